The van der Waals surface area contributed by atoms with Gasteiger partial charge in [-0.15, -0.1) is 0 Å². The average molecular weight is 365 g/mol. The molecular weight excluding hydrogens is 341 g/mol. The summed E-state index contributed by atoms with van der Waals surface area (Å²) in [4.78, 5) is 0. The van der Waals surface area contributed by atoms with E-state index in [4.69, 9.17) is 0 Å². The maximum absolute atomic E-state index is 14.3. The van der Waals surface area contributed by atoms with Crippen LogP contribution in [0.1, 0.15) is 18.6 Å². The molecule has 2 unspecified atom stereocenters. The van der Waals surface area contributed by atoms with Crippen LogP contribution in [0.5, 0.6) is 0 Å². The van der Waals surface area contributed by atoms with E-state index in [1.165, 1.54) is 0 Å². The Morgan fingerprint density at radius 1 is 0.769 bits per heavy atom. The summed E-state index contributed by atoms with van der Waals surface area (Å²) in [5.41, 5.74) is 0.819. The first-order valence-electron chi connectivity index (χ1n) is 8.72. The summed E-state index contributed by atoms with van der Waals surface area (Å²) < 4.78 is 16.1. The number of benzene rings is 3. The molecule has 26 heavy (non-hydrogen) atoms. The van der Waals surface area contributed by atoms with Crippen molar-refractivity contribution in [2.24, 2.45) is 0 Å². The van der Waals surface area contributed by atoms with Crippen LogP contribution in [0.25, 0.3) is 0 Å². The minimum atomic E-state index is -3.07. The second kappa shape index (κ2) is 8.01. The summed E-state index contributed by atoms with van der Waals surface area (Å²) >= 11 is 0. The smallest absolute Gasteiger partial charge is 0.207 e. The Bertz CT molecular complexity index is 825. The predicted molar refractivity (Wildman–Crippen MR) is 108 cm³/mol. The third kappa shape index (κ3) is 3.52. The molecule has 0 heterocycles. The Kier molecular flexibility index (Phi) is 5.73. The summed E-state index contributed by atoms with van der Waals surface area (Å²) in [6.45, 7) is 1.91. The van der Waals surface area contributed by atoms with Gasteiger partial charge in [0.25, 0.3) is 0 Å². The van der Waals surface area contributed by atoms with Crippen LogP contribution in [0.4, 0.5) is 0 Å². The van der Waals surface area contributed by atoms with Crippen LogP contribution in [0, 0.1) is 0 Å². The third-order valence-electron chi connectivity index (χ3n) is 4.84. The van der Waals surface area contributed by atoms with E-state index in [0.717, 1.165) is 16.2 Å². The third-order valence-corrected chi connectivity index (χ3v) is 8.09. The molecule has 0 saturated carbocycles. The molecule has 3 rings (SSSR count). The van der Waals surface area contributed by atoms with Gasteiger partial charge in [0.05, 0.1) is 6.10 Å². The summed E-state index contributed by atoms with van der Waals surface area (Å²) in [6.07, 6.45) is -0.734. The second-order valence-corrected chi connectivity index (χ2v) is 9.23. The standard InChI is InChI=1S/C22H24NO2P/c1-18(22(24)19-12-6-3-7-13-19)23(2)26(25,20-14-8-4-9-15-20)21-16-10-5-11-17-21/h3-18,22,24H,1-2H3. The van der Waals surface area contributed by atoms with Gasteiger partial charge in [0, 0.05) is 16.7 Å². The summed E-state index contributed by atoms with van der Waals surface area (Å²) in [5, 5.41) is 12.4. The van der Waals surface area contributed by atoms with Crippen molar-refractivity contribution >= 4 is 17.9 Å². The molecule has 0 aliphatic heterocycles. The van der Waals surface area contributed by atoms with Gasteiger partial charge in [-0.25, -0.2) is 4.67 Å². The van der Waals surface area contributed by atoms with Crippen molar-refractivity contribution < 1.29 is 9.67 Å². The highest BCUT2D eigenvalue weighted by atomic mass is 31.2. The monoisotopic (exact) mass is 365 g/mol. The zero-order valence-corrected chi connectivity index (χ0v) is 16.0. The Morgan fingerprint density at radius 3 is 1.58 bits per heavy atom. The molecule has 0 aliphatic rings. The summed E-state index contributed by atoms with van der Waals surface area (Å²) in [6, 6.07) is 28.2. The topological polar surface area (TPSA) is 40.5 Å². The fraction of sp³-hybridized carbons (Fsp3) is 0.182. The Hall–Kier alpha value is -2.19. The minimum Gasteiger partial charge on any atom is -0.387 e. The van der Waals surface area contributed by atoms with Crippen molar-refractivity contribution in [1.82, 2.24) is 4.67 Å². The van der Waals surface area contributed by atoms with E-state index in [1.807, 2.05) is 110 Å². The minimum absolute atomic E-state index is 0.330. The lowest BCUT2D eigenvalue weighted by molar-refractivity contribution is 0.108. The molecule has 0 spiro atoms. The molecule has 0 bridgehead atoms. The van der Waals surface area contributed by atoms with Gasteiger partial charge in [0.1, 0.15) is 0 Å². The van der Waals surface area contributed by atoms with Crippen LogP contribution in [-0.2, 0) is 4.57 Å². The van der Waals surface area contributed by atoms with Gasteiger partial charge in [0.15, 0.2) is 0 Å². The fourth-order valence-corrected chi connectivity index (χ4v) is 5.98. The first-order valence-corrected chi connectivity index (χ1v) is 10.4. The molecule has 134 valence electrons. The van der Waals surface area contributed by atoms with Gasteiger partial charge in [-0.2, -0.15) is 0 Å². The van der Waals surface area contributed by atoms with E-state index in [0.29, 0.717) is 0 Å². The van der Waals surface area contributed by atoms with Crippen LogP contribution in [0.2, 0.25) is 0 Å². The van der Waals surface area contributed by atoms with Crippen LogP contribution in [0.15, 0.2) is 91.0 Å². The van der Waals surface area contributed by atoms with E-state index in [2.05, 4.69) is 0 Å². The van der Waals surface area contributed by atoms with E-state index in [9.17, 15) is 9.67 Å². The van der Waals surface area contributed by atoms with E-state index >= 15 is 0 Å². The molecule has 0 fully saturated rings. The maximum atomic E-state index is 14.3. The molecule has 0 aromatic heterocycles. The molecule has 3 aromatic carbocycles. The van der Waals surface area contributed by atoms with Crippen LogP contribution >= 0.6 is 7.29 Å². The first-order chi connectivity index (χ1) is 12.5. The van der Waals surface area contributed by atoms with Gasteiger partial charge in [0.2, 0.25) is 7.29 Å². The largest absolute Gasteiger partial charge is 0.387 e. The van der Waals surface area contributed by atoms with Gasteiger partial charge < -0.3 is 5.11 Å². The number of aliphatic hydroxyl groups excluding tert-OH is 1. The van der Waals surface area contributed by atoms with E-state index < -0.39 is 13.4 Å². The van der Waals surface area contributed by atoms with Crippen molar-refractivity contribution in [3.8, 4) is 0 Å². The van der Waals surface area contributed by atoms with Crippen molar-refractivity contribution in [3.63, 3.8) is 0 Å². The highest BCUT2D eigenvalue weighted by Gasteiger charge is 2.37. The molecule has 3 nitrogen and oxygen atoms in total. The normalized spacial score (nSPS) is 14.2. The Labute approximate surface area is 155 Å². The van der Waals surface area contributed by atoms with Gasteiger partial charge in [-0.1, -0.05) is 66.7 Å². The van der Waals surface area contributed by atoms with Crippen molar-refractivity contribution in [3.05, 3.63) is 96.6 Å². The molecular formula is C22H24NO2P. The molecule has 4 heteroatoms. The molecule has 0 amide bonds. The lowest BCUT2D eigenvalue weighted by Gasteiger charge is -2.36. The highest BCUT2D eigenvalue weighted by Crippen LogP contribution is 2.49. The highest BCUT2D eigenvalue weighted by molar-refractivity contribution is 7.76. The predicted octanol–water partition coefficient (Wildman–Crippen LogP) is 3.97. The molecule has 0 saturated heterocycles. The summed E-state index contributed by atoms with van der Waals surface area (Å²) in [7, 11) is -1.24. The number of likely N-dealkylation sites (N-methyl/N-ethyl adjacent to an activating group) is 1. The lowest BCUT2D eigenvalue weighted by atomic mass is 10.0. The Balaban J connectivity index is 2.04. The molecule has 0 radical (unpaired) electrons. The van der Waals surface area contributed by atoms with Gasteiger partial charge in [-0.05, 0) is 43.8 Å². The van der Waals surface area contributed by atoms with Gasteiger partial charge >= 0.3 is 0 Å². The number of rotatable bonds is 6. The maximum Gasteiger partial charge on any atom is 0.207 e. The fourth-order valence-electron chi connectivity index (χ4n) is 3.16. The van der Waals surface area contributed by atoms with Crippen molar-refractivity contribution in [2.75, 3.05) is 7.05 Å². The number of hydrogen-bond acceptors (Lipinski definition) is 2. The number of aliphatic hydroxyl groups is 1. The average Bonchev–Trinajstić information content (AvgIpc) is 2.73. The quantitative estimate of drug-likeness (QED) is 0.672. The van der Waals surface area contributed by atoms with Crippen molar-refractivity contribution in [1.29, 1.82) is 0 Å². The zero-order valence-electron chi connectivity index (χ0n) is 15.1. The Morgan fingerprint density at radius 2 is 1.15 bits per heavy atom. The molecule has 1 N–H and O–H groups in total. The zero-order chi connectivity index (χ0) is 18.6. The number of hydrogen-bond donors (Lipinski definition) is 1. The van der Waals surface area contributed by atoms with Crippen LogP contribution in [-0.4, -0.2) is 22.9 Å². The first kappa shape index (κ1) is 18.6. The van der Waals surface area contributed by atoms with E-state index in [1.54, 1.807) is 0 Å². The second-order valence-electron chi connectivity index (χ2n) is 6.42. The molecule has 0 aliphatic carbocycles. The van der Waals surface area contributed by atoms with E-state index in [-0.39, 0.29) is 6.04 Å². The SMILES string of the molecule is CC(C(O)c1ccccc1)N(C)P(=O)(c1ccccc1)c1ccccc1. The molecule has 3 aromatic rings. The summed E-state index contributed by atoms with van der Waals surface area (Å²) in [5.74, 6) is 0. The van der Waals surface area contributed by atoms with Crippen molar-refractivity contribution in [2.45, 2.75) is 19.1 Å². The van der Waals surface area contributed by atoms with Crippen LogP contribution in [0.3, 0.4) is 0 Å². The molecule has 2 atom stereocenters. The van der Waals surface area contributed by atoms with Gasteiger partial charge in [-0.3, -0.25) is 4.57 Å². The lowest BCUT2D eigenvalue weighted by Crippen LogP contribution is -2.38. The number of nitrogens with zero attached hydrogens (tertiary/aromatic N) is 1. The van der Waals surface area contributed by atoms with Crippen LogP contribution < -0.4 is 10.6 Å².